The number of rotatable bonds is 4. The van der Waals surface area contributed by atoms with Crippen LogP contribution in [0.2, 0.25) is 0 Å². The van der Waals surface area contributed by atoms with Crippen LogP contribution in [0.25, 0.3) is 0 Å². The fourth-order valence-electron chi connectivity index (χ4n) is 2.59. The maximum Gasteiger partial charge on any atom is 0.262 e. The minimum Gasteiger partial charge on any atom is -0.507 e. The molecule has 0 aromatic heterocycles. The maximum atomic E-state index is 12.6. The van der Waals surface area contributed by atoms with E-state index in [2.05, 4.69) is 5.32 Å². The van der Waals surface area contributed by atoms with E-state index in [1.54, 1.807) is 24.1 Å². The normalized spacial score (nSPS) is 18.1. The number of methoxy groups -OCH3 is 1. The molecule has 1 aliphatic rings. The van der Waals surface area contributed by atoms with Gasteiger partial charge < -0.3 is 14.7 Å². The molecule has 1 aromatic rings. The lowest BCUT2D eigenvalue weighted by Crippen LogP contribution is -2.43. The van der Waals surface area contributed by atoms with Crippen molar-refractivity contribution in [3.05, 3.63) is 23.3 Å². The van der Waals surface area contributed by atoms with E-state index in [0.717, 1.165) is 24.9 Å². The number of carbonyl (C=O) groups is 1. The average molecular weight is 278 g/mol. The third-order valence-electron chi connectivity index (χ3n) is 3.86. The number of benzene rings is 1. The summed E-state index contributed by atoms with van der Waals surface area (Å²) in [6, 6.07) is 3.53. The van der Waals surface area contributed by atoms with Crippen LogP contribution in [0.15, 0.2) is 12.1 Å². The Morgan fingerprint density at radius 2 is 2.30 bits per heavy atom. The summed E-state index contributed by atoms with van der Waals surface area (Å²) in [6.45, 7) is 2.86. The van der Waals surface area contributed by atoms with Crippen LogP contribution in [-0.4, -0.2) is 42.8 Å². The van der Waals surface area contributed by atoms with Crippen LogP contribution in [0, 0.1) is 0 Å². The van der Waals surface area contributed by atoms with Gasteiger partial charge in [-0.25, -0.2) is 0 Å². The molecule has 2 N–H and O–H groups in total. The number of hydrogen-bond acceptors (Lipinski definition) is 4. The second-order valence-electron chi connectivity index (χ2n) is 5.03. The van der Waals surface area contributed by atoms with E-state index in [-0.39, 0.29) is 23.4 Å². The van der Waals surface area contributed by atoms with Crippen molar-refractivity contribution in [2.24, 2.45) is 0 Å². The summed E-state index contributed by atoms with van der Waals surface area (Å²) in [5.74, 6) is 0.227. The van der Waals surface area contributed by atoms with Gasteiger partial charge in [-0.05, 0) is 37.4 Å². The molecule has 20 heavy (non-hydrogen) atoms. The first kappa shape index (κ1) is 14.7. The van der Waals surface area contributed by atoms with Gasteiger partial charge in [-0.1, -0.05) is 13.0 Å². The van der Waals surface area contributed by atoms with Gasteiger partial charge in [0.25, 0.3) is 5.91 Å². The molecule has 1 fully saturated rings. The number of phenolic OH excluding ortho intramolecular Hbond substituents is 1. The van der Waals surface area contributed by atoms with Gasteiger partial charge in [0.1, 0.15) is 17.1 Å². The summed E-state index contributed by atoms with van der Waals surface area (Å²) in [5.41, 5.74) is 1.00. The molecular weight excluding hydrogens is 256 g/mol. The molecule has 5 heteroatoms. The van der Waals surface area contributed by atoms with Crippen molar-refractivity contribution in [1.29, 1.82) is 0 Å². The summed E-state index contributed by atoms with van der Waals surface area (Å²) in [6.07, 6.45) is 2.68. The highest BCUT2D eigenvalue weighted by Gasteiger charge is 2.28. The van der Waals surface area contributed by atoms with Crippen LogP contribution in [0.5, 0.6) is 11.5 Å². The van der Waals surface area contributed by atoms with Gasteiger partial charge in [-0.15, -0.1) is 0 Å². The Bertz CT molecular complexity index is 496. The van der Waals surface area contributed by atoms with Gasteiger partial charge in [0.15, 0.2) is 0 Å². The van der Waals surface area contributed by atoms with Gasteiger partial charge in [0.05, 0.1) is 13.3 Å². The first-order chi connectivity index (χ1) is 9.60. The molecule has 0 radical (unpaired) electrons. The second-order valence-corrected chi connectivity index (χ2v) is 5.03. The van der Waals surface area contributed by atoms with Gasteiger partial charge in [0, 0.05) is 7.05 Å². The molecular formula is C15H22N2O3. The highest BCUT2D eigenvalue weighted by molar-refractivity contribution is 6.00. The lowest BCUT2D eigenvalue weighted by Gasteiger charge is -2.26. The van der Waals surface area contributed by atoms with E-state index in [4.69, 9.17) is 4.74 Å². The zero-order valence-electron chi connectivity index (χ0n) is 12.3. The van der Waals surface area contributed by atoms with Gasteiger partial charge in [-0.3, -0.25) is 10.1 Å². The topological polar surface area (TPSA) is 61.8 Å². The van der Waals surface area contributed by atoms with E-state index in [1.165, 1.54) is 7.11 Å². The molecule has 1 aromatic carbocycles. The highest BCUT2D eigenvalue weighted by atomic mass is 16.5. The molecule has 1 amide bonds. The molecule has 1 saturated heterocycles. The van der Waals surface area contributed by atoms with Crippen LogP contribution in [-0.2, 0) is 6.42 Å². The Balaban J connectivity index is 2.36. The monoisotopic (exact) mass is 278 g/mol. The van der Waals surface area contributed by atoms with Crippen LogP contribution in [0.4, 0.5) is 0 Å². The predicted molar refractivity (Wildman–Crippen MR) is 77.2 cm³/mol. The summed E-state index contributed by atoms with van der Waals surface area (Å²) in [5, 5.41) is 13.6. The molecule has 0 bridgehead atoms. The van der Waals surface area contributed by atoms with Crippen LogP contribution < -0.4 is 10.1 Å². The second kappa shape index (κ2) is 6.13. The molecule has 1 atom stereocenters. The molecule has 5 nitrogen and oxygen atoms in total. The number of ether oxygens (including phenoxy) is 1. The fraction of sp³-hybridized carbons (Fsp3) is 0.533. The quantitative estimate of drug-likeness (QED) is 0.880. The molecule has 110 valence electrons. The number of carbonyl (C=O) groups excluding carboxylic acids is 1. The lowest BCUT2D eigenvalue weighted by atomic mass is 10.0. The summed E-state index contributed by atoms with van der Waals surface area (Å²) in [7, 11) is 3.26. The Kier molecular flexibility index (Phi) is 4.49. The van der Waals surface area contributed by atoms with Crippen molar-refractivity contribution < 1.29 is 14.6 Å². The van der Waals surface area contributed by atoms with Crippen molar-refractivity contribution in [2.45, 2.75) is 32.4 Å². The van der Waals surface area contributed by atoms with Gasteiger partial charge in [0.2, 0.25) is 0 Å². The van der Waals surface area contributed by atoms with Crippen molar-refractivity contribution in [3.63, 3.8) is 0 Å². The zero-order valence-corrected chi connectivity index (χ0v) is 12.3. The van der Waals surface area contributed by atoms with Crippen molar-refractivity contribution in [2.75, 3.05) is 20.7 Å². The SMILES string of the molecule is CCc1ccc(OC)c(C(=O)N(C)C2CCCN2)c1O. The number of aromatic hydroxyl groups is 1. The average Bonchev–Trinajstić information content (AvgIpc) is 2.99. The largest absolute Gasteiger partial charge is 0.507 e. The van der Waals surface area contributed by atoms with Crippen LogP contribution in [0.3, 0.4) is 0 Å². The standard InChI is InChI=1S/C15H22N2O3/c1-4-10-7-8-11(20-3)13(14(10)18)15(19)17(2)12-6-5-9-16-12/h7-8,12,16,18H,4-6,9H2,1-3H3. The summed E-state index contributed by atoms with van der Waals surface area (Å²) in [4.78, 5) is 14.3. The lowest BCUT2D eigenvalue weighted by molar-refractivity contribution is 0.0712. The molecule has 1 unspecified atom stereocenters. The van der Waals surface area contributed by atoms with Crippen molar-refractivity contribution in [3.8, 4) is 11.5 Å². The number of nitrogens with one attached hydrogen (secondary N) is 1. The van der Waals surface area contributed by atoms with E-state index in [0.29, 0.717) is 12.2 Å². The van der Waals surface area contributed by atoms with Gasteiger partial charge in [-0.2, -0.15) is 0 Å². The van der Waals surface area contributed by atoms with Crippen molar-refractivity contribution >= 4 is 5.91 Å². The smallest absolute Gasteiger partial charge is 0.262 e. The van der Waals surface area contributed by atoms with Crippen LogP contribution >= 0.6 is 0 Å². The summed E-state index contributed by atoms with van der Waals surface area (Å²) < 4.78 is 5.23. The van der Waals surface area contributed by atoms with E-state index >= 15 is 0 Å². The minimum absolute atomic E-state index is 0.0249. The third kappa shape index (κ3) is 2.58. The molecule has 1 heterocycles. The molecule has 0 aliphatic carbocycles. The zero-order chi connectivity index (χ0) is 14.7. The highest BCUT2D eigenvalue weighted by Crippen LogP contribution is 2.33. The first-order valence-corrected chi connectivity index (χ1v) is 6.99. The van der Waals surface area contributed by atoms with Crippen LogP contribution in [0.1, 0.15) is 35.7 Å². The Morgan fingerprint density at radius 3 is 2.85 bits per heavy atom. The molecule has 1 aliphatic heterocycles. The Labute approximate surface area is 119 Å². The van der Waals surface area contributed by atoms with E-state index < -0.39 is 0 Å². The number of phenols is 1. The number of hydrogen-bond donors (Lipinski definition) is 2. The maximum absolute atomic E-state index is 12.6. The first-order valence-electron chi connectivity index (χ1n) is 6.99. The Morgan fingerprint density at radius 1 is 1.55 bits per heavy atom. The minimum atomic E-state index is -0.214. The van der Waals surface area contributed by atoms with E-state index in [9.17, 15) is 9.90 Å². The van der Waals surface area contributed by atoms with Gasteiger partial charge >= 0.3 is 0 Å². The number of aryl methyl sites for hydroxylation is 1. The summed E-state index contributed by atoms with van der Waals surface area (Å²) >= 11 is 0. The number of amides is 1. The predicted octanol–water partition coefficient (Wildman–Crippen LogP) is 1.74. The van der Waals surface area contributed by atoms with Crippen molar-refractivity contribution in [1.82, 2.24) is 10.2 Å². The molecule has 2 rings (SSSR count). The third-order valence-corrected chi connectivity index (χ3v) is 3.86. The molecule has 0 saturated carbocycles. The molecule has 0 spiro atoms. The number of nitrogens with zero attached hydrogens (tertiary/aromatic N) is 1. The Hall–Kier alpha value is -1.75. The fourth-order valence-corrected chi connectivity index (χ4v) is 2.59. The van der Waals surface area contributed by atoms with E-state index in [1.807, 2.05) is 6.92 Å².